The average Bonchev–Trinajstić information content (AvgIpc) is 2.98. The van der Waals surface area contributed by atoms with Gasteiger partial charge in [0.1, 0.15) is 5.76 Å². The number of benzene rings is 1. The number of Topliss-reactive ketones (excluding diaryl/α,β-unsaturated/α-hetero) is 1. The summed E-state index contributed by atoms with van der Waals surface area (Å²) in [5.74, 6) is 0.815. The SMILES string of the molecule is O=C1C(=Cc2ccco2)CCCC1=Cc1ccccc1Cl. The van der Waals surface area contributed by atoms with Crippen molar-refractivity contribution in [2.24, 2.45) is 0 Å². The van der Waals surface area contributed by atoms with Gasteiger partial charge in [-0.2, -0.15) is 0 Å². The van der Waals surface area contributed by atoms with Gasteiger partial charge in [-0.3, -0.25) is 4.79 Å². The molecule has 1 aliphatic carbocycles. The third-order valence-corrected chi connectivity index (χ3v) is 3.91. The molecular weight excluding hydrogens is 284 g/mol. The molecule has 21 heavy (non-hydrogen) atoms. The molecule has 1 heterocycles. The molecule has 1 fully saturated rings. The Morgan fingerprint density at radius 1 is 1.00 bits per heavy atom. The monoisotopic (exact) mass is 298 g/mol. The summed E-state index contributed by atoms with van der Waals surface area (Å²) in [5, 5.41) is 0.667. The van der Waals surface area contributed by atoms with Crippen LogP contribution in [0.5, 0.6) is 0 Å². The number of furan rings is 1. The van der Waals surface area contributed by atoms with Gasteiger partial charge in [0, 0.05) is 16.2 Å². The summed E-state index contributed by atoms with van der Waals surface area (Å²) in [6.07, 6.45) is 7.90. The number of rotatable bonds is 2. The lowest BCUT2D eigenvalue weighted by molar-refractivity contribution is -0.112. The van der Waals surface area contributed by atoms with E-state index in [9.17, 15) is 4.79 Å². The second-order valence-corrected chi connectivity index (χ2v) is 5.47. The third kappa shape index (κ3) is 3.17. The first-order chi connectivity index (χ1) is 10.2. The minimum Gasteiger partial charge on any atom is -0.465 e. The normalized spacial score (nSPS) is 19.4. The summed E-state index contributed by atoms with van der Waals surface area (Å²) >= 11 is 6.16. The molecule has 0 saturated heterocycles. The summed E-state index contributed by atoms with van der Waals surface area (Å²) in [4.78, 5) is 12.5. The molecule has 3 rings (SSSR count). The summed E-state index contributed by atoms with van der Waals surface area (Å²) in [6.45, 7) is 0. The maximum atomic E-state index is 12.5. The molecule has 0 radical (unpaired) electrons. The highest BCUT2D eigenvalue weighted by Crippen LogP contribution is 2.29. The maximum absolute atomic E-state index is 12.5. The van der Waals surface area contributed by atoms with Crippen molar-refractivity contribution < 1.29 is 9.21 Å². The van der Waals surface area contributed by atoms with Crippen molar-refractivity contribution in [3.63, 3.8) is 0 Å². The van der Waals surface area contributed by atoms with Crippen molar-refractivity contribution in [1.29, 1.82) is 0 Å². The van der Waals surface area contributed by atoms with Crippen LogP contribution in [0.4, 0.5) is 0 Å². The molecule has 0 atom stereocenters. The lowest BCUT2D eigenvalue weighted by Crippen LogP contribution is -2.12. The van der Waals surface area contributed by atoms with Crippen molar-refractivity contribution in [3.05, 3.63) is 70.2 Å². The summed E-state index contributed by atoms with van der Waals surface area (Å²) in [6, 6.07) is 11.2. The first kappa shape index (κ1) is 13.9. The summed E-state index contributed by atoms with van der Waals surface area (Å²) < 4.78 is 5.29. The molecule has 1 saturated carbocycles. The minimum atomic E-state index is 0.0950. The van der Waals surface area contributed by atoms with Crippen LogP contribution in [-0.4, -0.2) is 5.78 Å². The van der Waals surface area contributed by atoms with E-state index in [0.29, 0.717) is 5.02 Å². The highest BCUT2D eigenvalue weighted by Gasteiger charge is 2.21. The molecule has 1 aromatic carbocycles. The lowest BCUT2D eigenvalue weighted by Gasteiger charge is -2.16. The number of carbonyl (C=O) groups is 1. The standard InChI is InChI=1S/C18H15ClO2/c19-17-9-2-1-5-13(17)11-14-6-3-7-15(18(14)20)12-16-8-4-10-21-16/h1-2,4-5,8-12H,3,6-7H2. The van der Waals surface area contributed by atoms with Crippen molar-refractivity contribution in [1.82, 2.24) is 0 Å². The van der Waals surface area contributed by atoms with Gasteiger partial charge in [0.05, 0.1) is 6.26 Å². The van der Waals surface area contributed by atoms with E-state index in [0.717, 1.165) is 41.7 Å². The van der Waals surface area contributed by atoms with Gasteiger partial charge in [0.25, 0.3) is 0 Å². The fourth-order valence-corrected chi connectivity index (χ4v) is 2.69. The van der Waals surface area contributed by atoms with Crippen molar-refractivity contribution in [2.75, 3.05) is 0 Å². The Morgan fingerprint density at radius 3 is 2.48 bits per heavy atom. The number of hydrogen-bond acceptors (Lipinski definition) is 2. The highest BCUT2D eigenvalue weighted by molar-refractivity contribution is 6.32. The zero-order valence-corrected chi connectivity index (χ0v) is 12.3. The van der Waals surface area contributed by atoms with Gasteiger partial charge in [-0.25, -0.2) is 0 Å². The molecule has 0 bridgehead atoms. The summed E-state index contributed by atoms with van der Waals surface area (Å²) in [7, 11) is 0. The minimum absolute atomic E-state index is 0.0950. The van der Waals surface area contributed by atoms with E-state index in [4.69, 9.17) is 16.0 Å². The van der Waals surface area contributed by atoms with Crippen LogP contribution in [0.1, 0.15) is 30.6 Å². The number of allylic oxidation sites excluding steroid dienone is 2. The van der Waals surface area contributed by atoms with Crippen LogP contribution in [0.15, 0.2) is 58.2 Å². The van der Waals surface area contributed by atoms with Crippen LogP contribution in [0, 0.1) is 0 Å². The van der Waals surface area contributed by atoms with E-state index in [1.807, 2.05) is 48.6 Å². The zero-order chi connectivity index (χ0) is 14.7. The Bertz CT molecular complexity index is 709. The Kier molecular flexibility index (Phi) is 4.07. The van der Waals surface area contributed by atoms with Crippen molar-refractivity contribution in [2.45, 2.75) is 19.3 Å². The van der Waals surface area contributed by atoms with E-state index >= 15 is 0 Å². The van der Waals surface area contributed by atoms with Gasteiger partial charge in [0.2, 0.25) is 0 Å². The largest absolute Gasteiger partial charge is 0.465 e. The number of halogens is 1. The number of ketones is 1. The smallest absolute Gasteiger partial charge is 0.185 e. The van der Waals surface area contributed by atoms with Crippen LogP contribution >= 0.6 is 11.6 Å². The van der Waals surface area contributed by atoms with E-state index in [2.05, 4.69) is 0 Å². The van der Waals surface area contributed by atoms with E-state index < -0.39 is 0 Å². The lowest BCUT2D eigenvalue weighted by atomic mass is 9.87. The Hall–Kier alpha value is -2.06. The molecule has 2 aromatic rings. The first-order valence-electron chi connectivity index (χ1n) is 6.98. The number of carbonyl (C=O) groups excluding carboxylic acids is 1. The predicted molar refractivity (Wildman–Crippen MR) is 85.0 cm³/mol. The molecule has 0 unspecified atom stereocenters. The molecule has 2 nitrogen and oxygen atoms in total. The van der Waals surface area contributed by atoms with Gasteiger partial charge < -0.3 is 4.42 Å². The third-order valence-electron chi connectivity index (χ3n) is 3.57. The van der Waals surface area contributed by atoms with Gasteiger partial charge in [-0.1, -0.05) is 29.8 Å². The zero-order valence-electron chi connectivity index (χ0n) is 11.5. The van der Waals surface area contributed by atoms with Gasteiger partial charge in [-0.15, -0.1) is 0 Å². The predicted octanol–water partition coefficient (Wildman–Crippen LogP) is 5.15. The number of hydrogen-bond donors (Lipinski definition) is 0. The van der Waals surface area contributed by atoms with Crippen LogP contribution in [0.25, 0.3) is 12.2 Å². The molecule has 1 aromatic heterocycles. The van der Waals surface area contributed by atoms with Gasteiger partial charge in [0.15, 0.2) is 5.78 Å². The highest BCUT2D eigenvalue weighted by atomic mass is 35.5. The molecule has 106 valence electrons. The van der Waals surface area contributed by atoms with Gasteiger partial charge >= 0.3 is 0 Å². The topological polar surface area (TPSA) is 30.2 Å². The quantitative estimate of drug-likeness (QED) is 0.717. The van der Waals surface area contributed by atoms with E-state index in [-0.39, 0.29) is 5.78 Å². The average molecular weight is 299 g/mol. The fourth-order valence-electron chi connectivity index (χ4n) is 2.50. The van der Waals surface area contributed by atoms with Crippen molar-refractivity contribution >= 4 is 29.5 Å². The molecule has 0 aliphatic heterocycles. The van der Waals surface area contributed by atoms with Crippen LogP contribution in [0.2, 0.25) is 5.02 Å². The molecule has 1 aliphatic rings. The van der Waals surface area contributed by atoms with Crippen LogP contribution in [-0.2, 0) is 4.79 Å². The summed E-state index contributed by atoms with van der Waals surface area (Å²) in [5.41, 5.74) is 2.50. The van der Waals surface area contributed by atoms with Crippen LogP contribution in [0.3, 0.4) is 0 Å². The maximum Gasteiger partial charge on any atom is 0.185 e. The molecular formula is C18H15ClO2. The molecule has 0 N–H and O–H groups in total. The van der Waals surface area contributed by atoms with Crippen LogP contribution < -0.4 is 0 Å². The molecule has 0 spiro atoms. The second kappa shape index (κ2) is 6.15. The Labute approximate surface area is 128 Å². The first-order valence-corrected chi connectivity index (χ1v) is 7.36. The Balaban J connectivity index is 1.91. The van der Waals surface area contributed by atoms with Crippen molar-refractivity contribution in [3.8, 4) is 0 Å². The fraction of sp³-hybridized carbons (Fsp3) is 0.167. The van der Waals surface area contributed by atoms with Gasteiger partial charge in [-0.05, 0) is 55.2 Å². The van der Waals surface area contributed by atoms with E-state index in [1.165, 1.54) is 0 Å². The molecule has 3 heteroatoms. The van der Waals surface area contributed by atoms with E-state index in [1.54, 1.807) is 6.26 Å². The Morgan fingerprint density at radius 2 is 1.76 bits per heavy atom. The molecule has 0 amide bonds. The second-order valence-electron chi connectivity index (χ2n) is 5.06.